The first-order chi connectivity index (χ1) is 12.9. The van der Waals surface area contributed by atoms with E-state index in [0.29, 0.717) is 5.75 Å². The maximum atomic E-state index is 11.9. The normalized spacial score (nSPS) is 10.9. The largest absolute Gasteiger partial charge is 0.482 e. The fraction of sp³-hybridized carbons (Fsp3) is 0.300. The fourth-order valence-corrected chi connectivity index (χ4v) is 4.13. The van der Waals surface area contributed by atoms with E-state index >= 15 is 0 Å². The number of benzene rings is 2. The highest BCUT2D eigenvalue weighted by atomic mass is 79.9. The molecule has 7 heteroatoms. The van der Waals surface area contributed by atoms with E-state index in [0.717, 1.165) is 33.2 Å². The van der Waals surface area contributed by atoms with E-state index in [4.69, 9.17) is 4.74 Å². The molecule has 0 fully saturated rings. The van der Waals surface area contributed by atoms with Crippen LogP contribution < -0.4 is 15.1 Å². The molecule has 0 aliphatic rings. The van der Waals surface area contributed by atoms with Gasteiger partial charge in [0.15, 0.2) is 6.61 Å². The third-order valence-corrected chi connectivity index (χ3v) is 5.01. The summed E-state index contributed by atoms with van der Waals surface area (Å²) in [5.74, 6) is 0.324. The number of nitrogens with one attached hydrogen (secondary N) is 1. The number of carbonyl (C=O) groups excluding carboxylic acids is 1. The van der Waals surface area contributed by atoms with E-state index in [9.17, 15) is 4.79 Å². The fourth-order valence-electron chi connectivity index (χ4n) is 2.58. The highest BCUT2D eigenvalue weighted by Gasteiger charge is 2.09. The number of halogens is 2. The molecule has 5 nitrogen and oxygen atoms in total. The minimum atomic E-state index is -0.319. The van der Waals surface area contributed by atoms with Crippen LogP contribution in [0, 0.1) is 6.92 Å². The predicted molar refractivity (Wildman–Crippen MR) is 118 cm³/mol. The van der Waals surface area contributed by atoms with Crippen LogP contribution in [0.2, 0.25) is 0 Å². The molecule has 0 atom stereocenters. The Bertz CT molecular complexity index is 780. The molecule has 2 aromatic carbocycles. The molecule has 27 heavy (non-hydrogen) atoms. The van der Waals surface area contributed by atoms with Gasteiger partial charge in [0.05, 0.1) is 10.7 Å². The number of carbonyl (C=O) groups is 1. The van der Waals surface area contributed by atoms with E-state index in [2.05, 4.69) is 61.1 Å². The van der Waals surface area contributed by atoms with Crippen molar-refractivity contribution in [2.24, 2.45) is 5.10 Å². The Morgan fingerprint density at radius 3 is 2.44 bits per heavy atom. The average molecular weight is 497 g/mol. The van der Waals surface area contributed by atoms with Gasteiger partial charge in [-0.3, -0.25) is 4.79 Å². The molecule has 0 aromatic heterocycles. The van der Waals surface area contributed by atoms with Gasteiger partial charge in [-0.25, -0.2) is 5.43 Å². The van der Waals surface area contributed by atoms with Gasteiger partial charge in [0.25, 0.3) is 5.91 Å². The number of amides is 1. The molecule has 144 valence electrons. The zero-order valence-electron chi connectivity index (χ0n) is 15.6. The Morgan fingerprint density at radius 2 is 1.85 bits per heavy atom. The third-order valence-electron chi connectivity index (χ3n) is 3.97. The zero-order chi connectivity index (χ0) is 19.8. The van der Waals surface area contributed by atoms with Crippen molar-refractivity contribution in [2.75, 3.05) is 24.6 Å². The molecule has 1 N–H and O–H groups in total. The van der Waals surface area contributed by atoms with Gasteiger partial charge in [0.1, 0.15) is 5.75 Å². The molecule has 2 rings (SSSR count). The molecule has 1 amide bonds. The number of hydrogen-bond donors (Lipinski definition) is 1. The molecule has 0 spiro atoms. The quantitative estimate of drug-likeness (QED) is 0.418. The molecule has 0 bridgehead atoms. The number of hydrazone groups is 1. The number of nitrogens with zero attached hydrogens (tertiary/aromatic N) is 2. The van der Waals surface area contributed by atoms with Crippen LogP contribution in [-0.4, -0.2) is 31.8 Å². The molecule has 0 aliphatic carbocycles. The molecule has 0 unspecified atom stereocenters. The summed E-state index contributed by atoms with van der Waals surface area (Å²) in [4.78, 5) is 14.2. The Labute approximate surface area is 177 Å². The van der Waals surface area contributed by atoms with Crippen LogP contribution in [-0.2, 0) is 4.79 Å². The van der Waals surface area contributed by atoms with Gasteiger partial charge in [-0.1, -0.05) is 28.1 Å². The van der Waals surface area contributed by atoms with Gasteiger partial charge in [0, 0.05) is 23.2 Å². The van der Waals surface area contributed by atoms with Gasteiger partial charge in [0.2, 0.25) is 0 Å². The summed E-state index contributed by atoms with van der Waals surface area (Å²) in [5.41, 5.74) is 5.50. The second-order valence-electron chi connectivity index (χ2n) is 5.88. The molecule has 2 aromatic rings. The van der Waals surface area contributed by atoms with Crippen molar-refractivity contribution in [3.63, 3.8) is 0 Å². The first-order valence-corrected chi connectivity index (χ1v) is 10.3. The minimum absolute atomic E-state index is 0.112. The standard InChI is InChI=1S/C20H23Br2N3O2/c1-4-25(5-2)17-8-6-15(7-9-17)12-23-24-19(26)13-27-20-14(3)10-16(21)11-18(20)22/h6-12H,4-5,13H2,1-3H3,(H,24,26). The number of ether oxygens (including phenoxy) is 1. The van der Waals surface area contributed by atoms with Gasteiger partial charge >= 0.3 is 0 Å². The molecular weight excluding hydrogens is 474 g/mol. The van der Waals surface area contributed by atoms with Crippen molar-refractivity contribution in [3.8, 4) is 5.75 Å². The lowest BCUT2D eigenvalue weighted by Gasteiger charge is -2.20. The molecule has 0 heterocycles. The topological polar surface area (TPSA) is 53.9 Å². The highest BCUT2D eigenvalue weighted by molar-refractivity contribution is 9.11. The van der Waals surface area contributed by atoms with Gasteiger partial charge in [-0.2, -0.15) is 5.10 Å². The SMILES string of the molecule is CCN(CC)c1ccc(C=NNC(=O)COc2c(C)cc(Br)cc2Br)cc1. The van der Waals surface area contributed by atoms with Crippen LogP contribution in [0.3, 0.4) is 0 Å². The third kappa shape index (κ3) is 6.36. The summed E-state index contributed by atoms with van der Waals surface area (Å²) in [6.07, 6.45) is 1.62. The molecule has 0 saturated carbocycles. The molecule has 0 aliphatic heterocycles. The predicted octanol–water partition coefficient (Wildman–Crippen LogP) is 4.90. The number of anilines is 1. The van der Waals surface area contributed by atoms with E-state index in [-0.39, 0.29) is 12.5 Å². The Balaban J connectivity index is 1.86. The first kappa shape index (κ1) is 21.4. The Kier molecular flexibility index (Phi) is 8.31. The van der Waals surface area contributed by atoms with Crippen molar-refractivity contribution in [3.05, 3.63) is 56.5 Å². The minimum Gasteiger partial charge on any atom is -0.482 e. The highest BCUT2D eigenvalue weighted by Crippen LogP contribution is 2.32. The molecular formula is C20H23Br2N3O2. The summed E-state index contributed by atoms with van der Waals surface area (Å²) in [7, 11) is 0. The summed E-state index contributed by atoms with van der Waals surface area (Å²) < 4.78 is 7.33. The lowest BCUT2D eigenvalue weighted by atomic mass is 10.2. The van der Waals surface area contributed by atoms with Crippen molar-refractivity contribution >= 4 is 49.7 Å². The van der Waals surface area contributed by atoms with Crippen LogP contribution in [0.4, 0.5) is 5.69 Å². The van der Waals surface area contributed by atoms with E-state index < -0.39 is 0 Å². The number of hydrogen-bond acceptors (Lipinski definition) is 4. The van der Waals surface area contributed by atoms with Crippen LogP contribution in [0.15, 0.2) is 50.4 Å². The Morgan fingerprint density at radius 1 is 1.19 bits per heavy atom. The van der Waals surface area contributed by atoms with Crippen LogP contribution in [0.1, 0.15) is 25.0 Å². The van der Waals surface area contributed by atoms with Gasteiger partial charge in [-0.05, 0) is 72.1 Å². The van der Waals surface area contributed by atoms with Crippen LogP contribution >= 0.6 is 31.9 Å². The summed E-state index contributed by atoms with van der Waals surface area (Å²) in [5, 5.41) is 3.99. The second-order valence-corrected chi connectivity index (χ2v) is 7.65. The average Bonchev–Trinajstić information content (AvgIpc) is 2.63. The monoisotopic (exact) mass is 495 g/mol. The van der Waals surface area contributed by atoms with E-state index in [1.165, 1.54) is 5.69 Å². The summed E-state index contributed by atoms with van der Waals surface area (Å²) in [6.45, 7) is 8.00. The van der Waals surface area contributed by atoms with Gasteiger partial charge in [-0.15, -0.1) is 0 Å². The molecule has 0 radical (unpaired) electrons. The number of rotatable bonds is 8. The maximum absolute atomic E-state index is 11.9. The number of aryl methyl sites for hydroxylation is 1. The summed E-state index contributed by atoms with van der Waals surface area (Å²) >= 11 is 6.85. The van der Waals surface area contributed by atoms with Crippen molar-refractivity contribution in [2.45, 2.75) is 20.8 Å². The van der Waals surface area contributed by atoms with E-state index in [1.807, 2.05) is 43.3 Å². The lowest BCUT2D eigenvalue weighted by Crippen LogP contribution is -2.25. The van der Waals surface area contributed by atoms with Crippen LogP contribution in [0.5, 0.6) is 5.75 Å². The zero-order valence-corrected chi connectivity index (χ0v) is 18.8. The Hall–Kier alpha value is -1.86. The van der Waals surface area contributed by atoms with Crippen molar-refractivity contribution in [1.82, 2.24) is 5.43 Å². The first-order valence-electron chi connectivity index (χ1n) is 8.70. The van der Waals surface area contributed by atoms with E-state index in [1.54, 1.807) is 6.21 Å². The van der Waals surface area contributed by atoms with Crippen molar-refractivity contribution in [1.29, 1.82) is 0 Å². The second kappa shape index (κ2) is 10.5. The van der Waals surface area contributed by atoms with Crippen LogP contribution in [0.25, 0.3) is 0 Å². The van der Waals surface area contributed by atoms with Gasteiger partial charge < -0.3 is 9.64 Å². The van der Waals surface area contributed by atoms with Crippen molar-refractivity contribution < 1.29 is 9.53 Å². The summed E-state index contributed by atoms with van der Waals surface area (Å²) in [6, 6.07) is 11.8. The smallest absolute Gasteiger partial charge is 0.277 e. The maximum Gasteiger partial charge on any atom is 0.277 e. The molecule has 0 saturated heterocycles. The lowest BCUT2D eigenvalue weighted by molar-refractivity contribution is -0.123.